The van der Waals surface area contributed by atoms with Crippen LogP contribution in [0, 0.1) is 11.8 Å². The van der Waals surface area contributed by atoms with Crippen LogP contribution in [0.2, 0.25) is 0 Å². The van der Waals surface area contributed by atoms with Gasteiger partial charge >= 0.3 is 0 Å². The average molecular weight is 238 g/mol. The first kappa shape index (κ1) is 14.5. The van der Waals surface area contributed by atoms with Gasteiger partial charge in [-0.1, -0.05) is 31.2 Å². The predicted molar refractivity (Wildman–Crippen MR) is 71.7 cm³/mol. The molecule has 1 aliphatic carbocycles. The number of aliphatic hydroxyl groups is 2. The summed E-state index contributed by atoms with van der Waals surface area (Å²) in [5.41, 5.74) is 1.42. The molecule has 0 aromatic carbocycles. The van der Waals surface area contributed by atoms with Gasteiger partial charge in [0.15, 0.2) is 0 Å². The van der Waals surface area contributed by atoms with E-state index >= 15 is 0 Å². The second-order valence-corrected chi connectivity index (χ2v) is 5.85. The molecule has 2 N–H and O–H groups in total. The van der Waals surface area contributed by atoms with Crippen molar-refractivity contribution in [1.29, 1.82) is 0 Å². The summed E-state index contributed by atoms with van der Waals surface area (Å²) in [6, 6.07) is 0. The smallest absolute Gasteiger partial charge is 0.0747 e. The fourth-order valence-corrected chi connectivity index (χ4v) is 2.67. The van der Waals surface area contributed by atoms with Crippen LogP contribution >= 0.6 is 0 Å². The Balaban J connectivity index is 2.47. The summed E-state index contributed by atoms with van der Waals surface area (Å²) in [7, 11) is 0. The Kier molecular flexibility index (Phi) is 4.56. The minimum Gasteiger partial charge on any atom is -0.390 e. The Hall–Kier alpha value is -0.600. The summed E-state index contributed by atoms with van der Waals surface area (Å²) >= 11 is 0. The van der Waals surface area contributed by atoms with Crippen molar-refractivity contribution in [3.05, 3.63) is 24.3 Å². The van der Waals surface area contributed by atoms with Crippen LogP contribution in [0.25, 0.3) is 0 Å². The first-order valence-corrected chi connectivity index (χ1v) is 6.49. The number of allylic oxidation sites excluding steroid dienone is 1. The summed E-state index contributed by atoms with van der Waals surface area (Å²) in [5, 5.41) is 19.8. The topological polar surface area (TPSA) is 40.5 Å². The summed E-state index contributed by atoms with van der Waals surface area (Å²) in [5.74, 6) is 0.652. The molecule has 0 aliphatic heterocycles. The summed E-state index contributed by atoms with van der Waals surface area (Å²) < 4.78 is 0. The fraction of sp³-hybridized carbons (Fsp3) is 0.733. The number of aliphatic hydroxyl groups excluding tert-OH is 1. The molecule has 17 heavy (non-hydrogen) atoms. The second kappa shape index (κ2) is 5.36. The number of rotatable bonds is 5. The van der Waals surface area contributed by atoms with Crippen molar-refractivity contribution < 1.29 is 10.2 Å². The van der Waals surface area contributed by atoms with Gasteiger partial charge in [0.05, 0.1) is 11.7 Å². The van der Waals surface area contributed by atoms with Crippen molar-refractivity contribution in [3.8, 4) is 0 Å². The molecule has 2 nitrogen and oxygen atoms in total. The van der Waals surface area contributed by atoms with Crippen LogP contribution in [-0.4, -0.2) is 21.9 Å². The molecule has 0 unspecified atom stereocenters. The highest BCUT2D eigenvalue weighted by molar-refractivity contribution is 5.10. The standard InChI is InChI=1S/C15H26O2/c1-10(2)14(16)7-6-11(3)13-8-9-15(5,17)12(13)4/h12-14,16-17H,1,3,6-9H2,2,4-5H3/t12-,13-,14+,15+/m1/s1. The SMILES string of the molecule is C=C(CC[C@H](O)C(=C)C)[C@H]1CC[C@](C)(O)[C@@H]1C. The fourth-order valence-electron chi connectivity index (χ4n) is 2.67. The minimum absolute atomic E-state index is 0.261. The van der Waals surface area contributed by atoms with Gasteiger partial charge < -0.3 is 10.2 Å². The van der Waals surface area contributed by atoms with Crippen molar-refractivity contribution >= 4 is 0 Å². The molecule has 0 bridgehead atoms. The molecule has 0 aromatic rings. The molecule has 1 saturated carbocycles. The van der Waals surface area contributed by atoms with Gasteiger partial charge in [-0.15, -0.1) is 0 Å². The lowest BCUT2D eigenvalue weighted by Gasteiger charge is -2.27. The van der Waals surface area contributed by atoms with E-state index in [1.807, 2.05) is 13.8 Å². The molecular weight excluding hydrogens is 212 g/mol. The van der Waals surface area contributed by atoms with Crippen LogP contribution in [0.4, 0.5) is 0 Å². The van der Waals surface area contributed by atoms with E-state index in [4.69, 9.17) is 0 Å². The van der Waals surface area contributed by atoms with Crippen molar-refractivity contribution in [2.75, 3.05) is 0 Å². The van der Waals surface area contributed by atoms with Crippen LogP contribution < -0.4 is 0 Å². The van der Waals surface area contributed by atoms with Gasteiger partial charge in [0.1, 0.15) is 0 Å². The molecule has 0 radical (unpaired) electrons. The molecule has 0 heterocycles. The van der Waals surface area contributed by atoms with E-state index in [0.717, 1.165) is 30.4 Å². The van der Waals surface area contributed by atoms with Crippen molar-refractivity contribution in [2.45, 2.75) is 58.2 Å². The van der Waals surface area contributed by atoms with Gasteiger partial charge in [-0.05, 0) is 51.4 Å². The molecule has 0 aromatic heterocycles. The molecule has 1 rings (SSSR count). The highest BCUT2D eigenvalue weighted by atomic mass is 16.3. The van der Waals surface area contributed by atoms with E-state index in [0.29, 0.717) is 12.3 Å². The van der Waals surface area contributed by atoms with E-state index in [9.17, 15) is 10.2 Å². The monoisotopic (exact) mass is 238 g/mol. The van der Waals surface area contributed by atoms with Gasteiger partial charge in [-0.2, -0.15) is 0 Å². The van der Waals surface area contributed by atoms with E-state index in [-0.39, 0.29) is 5.92 Å². The van der Waals surface area contributed by atoms with E-state index in [1.54, 1.807) is 0 Å². The van der Waals surface area contributed by atoms with Gasteiger partial charge in [0.2, 0.25) is 0 Å². The van der Waals surface area contributed by atoms with Crippen molar-refractivity contribution in [1.82, 2.24) is 0 Å². The summed E-state index contributed by atoms with van der Waals surface area (Å²) in [4.78, 5) is 0. The maximum Gasteiger partial charge on any atom is 0.0747 e. The lowest BCUT2D eigenvalue weighted by Crippen LogP contribution is -2.29. The molecule has 1 aliphatic rings. The number of hydrogen-bond acceptors (Lipinski definition) is 2. The Morgan fingerprint density at radius 2 is 2.06 bits per heavy atom. The van der Waals surface area contributed by atoms with Crippen LogP contribution in [0.15, 0.2) is 24.3 Å². The minimum atomic E-state index is -0.555. The zero-order valence-electron chi connectivity index (χ0n) is 11.4. The molecule has 0 saturated heterocycles. The van der Waals surface area contributed by atoms with Gasteiger partial charge in [0, 0.05) is 0 Å². The summed E-state index contributed by atoms with van der Waals surface area (Å²) in [6.45, 7) is 13.7. The Morgan fingerprint density at radius 3 is 2.47 bits per heavy atom. The average Bonchev–Trinajstić information content (AvgIpc) is 2.50. The predicted octanol–water partition coefficient (Wildman–Crippen LogP) is 3.06. The maximum atomic E-state index is 10.1. The molecule has 2 heteroatoms. The quantitative estimate of drug-likeness (QED) is 0.723. The van der Waals surface area contributed by atoms with Crippen LogP contribution in [0.1, 0.15) is 46.5 Å². The van der Waals surface area contributed by atoms with Gasteiger partial charge in [0.25, 0.3) is 0 Å². The zero-order chi connectivity index (χ0) is 13.2. The van der Waals surface area contributed by atoms with Crippen molar-refractivity contribution in [3.63, 3.8) is 0 Å². The largest absolute Gasteiger partial charge is 0.390 e. The lowest BCUT2D eigenvalue weighted by atomic mass is 9.83. The molecule has 98 valence electrons. The Morgan fingerprint density at radius 1 is 1.47 bits per heavy atom. The van der Waals surface area contributed by atoms with Crippen LogP contribution in [0.3, 0.4) is 0 Å². The normalized spacial score (nSPS) is 34.6. The van der Waals surface area contributed by atoms with Crippen LogP contribution in [0.5, 0.6) is 0 Å². The van der Waals surface area contributed by atoms with Crippen molar-refractivity contribution in [2.24, 2.45) is 11.8 Å². The van der Waals surface area contributed by atoms with E-state index in [1.165, 1.54) is 0 Å². The van der Waals surface area contributed by atoms with Crippen LogP contribution in [-0.2, 0) is 0 Å². The molecule has 0 amide bonds. The molecule has 4 atom stereocenters. The third kappa shape index (κ3) is 3.43. The highest BCUT2D eigenvalue weighted by Crippen LogP contribution is 2.44. The molecular formula is C15H26O2. The third-order valence-corrected chi connectivity index (χ3v) is 4.38. The Labute approximate surface area is 105 Å². The first-order valence-electron chi connectivity index (χ1n) is 6.49. The zero-order valence-corrected chi connectivity index (χ0v) is 11.4. The third-order valence-electron chi connectivity index (χ3n) is 4.38. The first-order chi connectivity index (χ1) is 7.75. The van der Waals surface area contributed by atoms with Gasteiger partial charge in [-0.25, -0.2) is 0 Å². The van der Waals surface area contributed by atoms with E-state index in [2.05, 4.69) is 20.1 Å². The summed E-state index contributed by atoms with van der Waals surface area (Å²) in [6.07, 6.45) is 2.94. The molecule has 0 spiro atoms. The second-order valence-electron chi connectivity index (χ2n) is 5.85. The number of hydrogen-bond donors (Lipinski definition) is 2. The van der Waals surface area contributed by atoms with Gasteiger partial charge in [-0.3, -0.25) is 0 Å². The highest BCUT2D eigenvalue weighted by Gasteiger charge is 2.41. The van der Waals surface area contributed by atoms with E-state index < -0.39 is 11.7 Å². The Bertz CT molecular complexity index is 304. The maximum absolute atomic E-state index is 10.1. The molecule has 1 fully saturated rings. The lowest BCUT2D eigenvalue weighted by molar-refractivity contribution is 0.0213.